The average Bonchev–Trinajstić information content (AvgIpc) is 3.12. The molecule has 6 heteroatoms. The number of hydrogen-bond acceptors (Lipinski definition) is 4. The molecule has 1 N–H and O–H groups in total. The number of ether oxygens (including phenoxy) is 1. The maximum absolute atomic E-state index is 12.6. The topological polar surface area (TPSA) is 64.4 Å². The smallest absolute Gasteiger partial charge is 0.255 e. The highest BCUT2D eigenvalue weighted by molar-refractivity contribution is 14.1. The standard InChI is InChI=1S/C22H17IN2O3/c1-13-6-7-15(22-25-19-12-17(27-2)8-9-20(19)28-22)11-18(13)24-21(26)14-4-3-5-16(23)10-14/h3-12H,1-2H3,(H,24,26). The van der Waals surface area contributed by atoms with E-state index in [2.05, 4.69) is 32.9 Å². The number of aromatic nitrogens is 1. The van der Waals surface area contributed by atoms with E-state index in [0.717, 1.165) is 31.7 Å². The van der Waals surface area contributed by atoms with Gasteiger partial charge in [-0.3, -0.25) is 4.79 Å². The van der Waals surface area contributed by atoms with Gasteiger partial charge < -0.3 is 14.5 Å². The van der Waals surface area contributed by atoms with Crippen molar-refractivity contribution in [3.05, 3.63) is 75.4 Å². The van der Waals surface area contributed by atoms with Crippen LogP contribution in [0.2, 0.25) is 0 Å². The Morgan fingerprint density at radius 2 is 1.96 bits per heavy atom. The summed E-state index contributed by atoms with van der Waals surface area (Å²) in [5.41, 5.74) is 4.49. The molecule has 5 nitrogen and oxygen atoms in total. The van der Waals surface area contributed by atoms with E-state index >= 15 is 0 Å². The second-order valence-corrected chi connectivity index (χ2v) is 7.59. The molecule has 1 amide bonds. The van der Waals surface area contributed by atoms with Crippen molar-refractivity contribution in [3.63, 3.8) is 0 Å². The number of carbonyl (C=O) groups excluding carboxylic acids is 1. The van der Waals surface area contributed by atoms with Gasteiger partial charge in [0.1, 0.15) is 11.3 Å². The van der Waals surface area contributed by atoms with Crippen LogP contribution in [0.3, 0.4) is 0 Å². The molecule has 0 atom stereocenters. The maximum Gasteiger partial charge on any atom is 0.255 e. The minimum atomic E-state index is -0.152. The van der Waals surface area contributed by atoms with E-state index in [1.165, 1.54) is 0 Å². The Bertz CT molecular complexity index is 1180. The first-order valence-corrected chi connectivity index (χ1v) is 9.74. The molecule has 0 saturated heterocycles. The number of oxazole rings is 1. The highest BCUT2D eigenvalue weighted by atomic mass is 127. The van der Waals surface area contributed by atoms with E-state index in [0.29, 0.717) is 17.0 Å². The predicted octanol–water partition coefficient (Wildman–Crippen LogP) is 5.67. The summed E-state index contributed by atoms with van der Waals surface area (Å²) in [6.45, 7) is 1.95. The van der Waals surface area contributed by atoms with Crippen molar-refractivity contribution in [3.8, 4) is 17.2 Å². The summed E-state index contributed by atoms with van der Waals surface area (Å²) in [5, 5.41) is 2.98. The van der Waals surface area contributed by atoms with Crippen LogP contribution in [0.4, 0.5) is 5.69 Å². The first-order valence-electron chi connectivity index (χ1n) is 8.66. The van der Waals surface area contributed by atoms with Crippen LogP contribution in [-0.4, -0.2) is 18.0 Å². The number of amides is 1. The van der Waals surface area contributed by atoms with Crippen molar-refractivity contribution >= 4 is 45.3 Å². The number of methoxy groups -OCH3 is 1. The number of carbonyl (C=O) groups is 1. The van der Waals surface area contributed by atoms with Gasteiger partial charge in [-0.25, -0.2) is 4.98 Å². The molecule has 1 heterocycles. The molecule has 0 spiro atoms. The van der Waals surface area contributed by atoms with Crippen molar-refractivity contribution in [1.29, 1.82) is 0 Å². The van der Waals surface area contributed by atoms with Crippen LogP contribution in [-0.2, 0) is 0 Å². The number of anilines is 1. The Morgan fingerprint density at radius 3 is 2.75 bits per heavy atom. The summed E-state index contributed by atoms with van der Waals surface area (Å²) < 4.78 is 12.1. The van der Waals surface area contributed by atoms with Crippen LogP contribution in [0.5, 0.6) is 5.75 Å². The zero-order valence-corrected chi connectivity index (χ0v) is 17.5. The number of nitrogens with zero attached hydrogens (tertiary/aromatic N) is 1. The number of nitrogens with one attached hydrogen (secondary N) is 1. The van der Waals surface area contributed by atoms with Crippen LogP contribution in [0, 0.1) is 10.5 Å². The molecule has 0 aliphatic carbocycles. The molecule has 0 aliphatic heterocycles. The predicted molar refractivity (Wildman–Crippen MR) is 118 cm³/mol. The molecule has 0 unspecified atom stereocenters. The third kappa shape index (κ3) is 3.73. The molecule has 0 radical (unpaired) electrons. The number of fused-ring (bicyclic) bond motifs is 1. The van der Waals surface area contributed by atoms with Crippen molar-refractivity contribution in [1.82, 2.24) is 4.98 Å². The van der Waals surface area contributed by atoms with Crippen LogP contribution < -0.4 is 10.1 Å². The molecule has 4 rings (SSSR count). The normalized spacial score (nSPS) is 10.8. The van der Waals surface area contributed by atoms with Gasteiger partial charge in [0.2, 0.25) is 5.89 Å². The van der Waals surface area contributed by atoms with E-state index in [4.69, 9.17) is 9.15 Å². The van der Waals surface area contributed by atoms with Crippen LogP contribution >= 0.6 is 22.6 Å². The third-order valence-corrected chi connectivity index (χ3v) is 5.09. The number of hydrogen-bond donors (Lipinski definition) is 1. The monoisotopic (exact) mass is 484 g/mol. The number of halogens is 1. The average molecular weight is 484 g/mol. The summed E-state index contributed by atoms with van der Waals surface area (Å²) in [4.78, 5) is 17.2. The van der Waals surface area contributed by atoms with Crippen LogP contribution in [0.15, 0.2) is 65.1 Å². The first kappa shape index (κ1) is 18.5. The lowest BCUT2D eigenvalue weighted by Gasteiger charge is -2.10. The Hall–Kier alpha value is -2.87. The van der Waals surface area contributed by atoms with Gasteiger partial charge in [0.25, 0.3) is 5.91 Å². The summed E-state index contributed by atoms with van der Waals surface area (Å²) in [6.07, 6.45) is 0. The third-order valence-electron chi connectivity index (χ3n) is 4.41. The molecular formula is C22H17IN2O3. The van der Waals surface area contributed by atoms with Crippen molar-refractivity contribution < 1.29 is 13.9 Å². The van der Waals surface area contributed by atoms with Gasteiger partial charge in [-0.1, -0.05) is 12.1 Å². The number of aryl methyl sites for hydroxylation is 1. The maximum atomic E-state index is 12.6. The highest BCUT2D eigenvalue weighted by Gasteiger charge is 2.13. The second kappa shape index (κ2) is 7.63. The zero-order chi connectivity index (χ0) is 19.7. The first-order chi connectivity index (χ1) is 13.5. The van der Waals surface area contributed by atoms with E-state index < -0.39 is 0 Å². The summed E-state index contributed by atoms with van der Waals surface area (Å²) in [5.74, 6) is 1.07. The number of rotatable bonds is 4. The van der Waals surface area contributed by atoms with Gasteiger partial charge in [0, 0.05) is 26.5 Å². The van der Waals surface area contributed by atoms with Gasteiger partial charge >= 0.3 is 0 Å². The van der Waals surface area contributed by atoms with Gasteiger partial charge in [-0.15, -0.1) is 0 Å². The van der Waals surface area contributed by atoms with Gasteiger partial charge in [0.15, 0.2) is 5.58 Å². The van der Waals surface area contributed by atoms with Gasteiger partial charge in [-0.05, 0) is 77.5 Å². The quantitative estimate of drug-likeness (QED) is 0.380. The van der Waals surface area contributed by atoms with E-state index in [-0.39, 0.29) is 5.91 Å². The molecule has 1 aromatic heterocycles. The van der Waals surface area contributed by atoms with Crippen LogP contribution in [0.1, 0.15) is 15.9 Å². The van der Waals surface area contributed by atoms with E-state index in [1.807, 2.05) is 61.5 Å². The molecule has 0 fully saturated rings. The van der Waals surface area contributed by atoms with Gasteiger partial charge in [0.05, 0.1) is 7.11 Å². The summed E-state index contributed by atoms with van der Waals surface area (Å²) in [6, 6.07) is 18.7. The summed E-state index contributed by atoms with van der Waals surface area (Å²) >= 11 is 2.19. The fraction of sp³-hybridized carbons (Fsp3) is 0.0909. The highest BCUT2D eigenvalue weighted by Crippen LogP contribution is 2.29. The lowest BCUT2D eigenvalue weighted by molar-refractivity contribution is 0.102. The van der Waals surface area contributed by atoms with E-state index in [9.17, 15) is 4.79 Å². The minimum absolute atomic E-state index is 0.152. The number of benzene rings is 3. The fourth-order valence-electron chi connectivity index (χ4n) is 2.87. The Labute approximate surface area is 175 Å². The lowest BCUT2D eigenvalue weighted by atomic mass is 10.1. The molecule has 3 aromatic carbocycles. The second-order valence-electron chi connectivity index (χ2n) is 6.35. The largest absolute Gasteiger partial charge is 0.497 e. The fourth-order valence-corrected chi connectivity index (χ4v) is 3.41. The minimum Gasteiger partial charge on any atom is -0.497 e. The molecule has 0 aliphatic rings. The van der Waals surface area contributed by atoms with Crippen LogP contribution in [0.25, 0.3) is 22.6 Å². The molecule has 140 valence electrons. The molecule has 0 saturated carbocycles. The Balaban J connectivity index is 1.66. The Kier molecular flexibility index (Phi) is 5.04. The molecule has 28 heavy (non-hydrogen) atoms. The molecular weight excluding hydrogens is 467 g/mol. The van der Waals surface area contributed by atoms with Crippen molar-refractivity contribution in [2.45, 2.75) is 6.92 Å². The molecule has 4 aromatic rings. The zero-order valence-electron chi connectivity index (χ0n) is 15.3. The molecule has 0 bridgehead atoms. The summed E-state index contributed by atoms with van der Waals surface area (Å²) in [7, 11) is 1.62. The SMILES string of the molecule is COc1ccc2oc(-c3ccc(C)c(NC(=O)c4cccc(I)c4)c3)nc2c1. The van der Waals surface area contributed by atoms with Crippen molar-refractivity contribution in [2.24, 2.45) is 0 Å². The van der Waals surface area contributed by atoms with E-state index in [1.54, 1.807) is 13.2 Å². The Morgan fingerprint density at radius 1 is 1.11 bits per heavy atom. The van der Waals surface area contributed by atoms with Crippen molar-refractivity contribution in [2.75, 3.05) is 12.4 Å². The van der Waals surface area contributed by atoms with Gasteiger partial charge in [-0.2, -0.15) is 0 Å². The lowest BCUT2D eigenvalue weighted by Crippen LogP contribution is -2.13.